The lowest BCUT2D eigenvalue weighted by molar-refractivity contribution is 0.340. The molecule has 0 atom stereocenters. The molecule has 0 radical (unpaired) electrons. The van der Waals surface area contributed by atoms with Crippen molar-refractivity contribution >= 4 is 44.6 Å². The van der Waals surface area contributed by atoms with Crippen molar-refractivity contribution in [3.05, 3.63) is 45.4 Å². The fourth-order valence-corrected chi connectivity index (χ4v) is 2.56. The lowest BCUT2D eigenvalue weighted by Gasteiger charge is -2.13. The zero-order chi connectivity index (χ0) is 14.7. The Morgan fingerprint density at radius 2 is 2.00 bits per heavy atom. The molecule has 2 rings (SSSR count). The van der Waals surface area contributed by atoms with Crippen LogP contribution in [0.2, 0.25) is 5.02 Å². The van der Waals surface area contributed by atoms with Crippen LogP contribution in [0.3, 0.4) is 0 Å². The smallest absolute Gasteiger partial charge is 0.123 e. The lowest BCUT2D eigenvalue weighted by Crippen LogP contribution is -1.97. The van der Waals surface area contributed by atoms with Gasteiger partial charge in [0.05, 0.1) is 12.3 Å². The molecule has 0 aliphatic heterocycles. The van der Waals surface area contributed by atoms with Crippen molar-refractivity contribution in [3.8, 4) is 5.75 Å². The van der Waals surface area contributed by atoms with Gasteiger partial charge in [-0.05, 0) is 53.5 Å². The predicted molar refractivity (Wildman–Crippen MR) is 89.2 cm³/mol. The van der Waals surface area contributed by atoms with E-state index in [9.17, 15) is 0 Å². The van der Waals surface area contributed by atoms with Gasteiger partial charge in [-0.3, -0.25) is 0 Å². The Kier molecular flexibility index (Phi) is 4.78. The normalized spacial score (nSPS) is 10.4. The first-order chi connectivity index (χ1) is 9.49. The highest BCUT2D eigenvalue weighted by Gasteiger charge is 2.06. The molecule has 5 heteroatoms. The van der Waals surface area contributed by atoms with Gasteiger partial charge in [-0.25, -0.2) is 0 Å². The van der Waals surface area contributed by atoms with Crippen molar-refractivity contribution in [2.75, 3.05) is 17.7 Å². The maximum absolute atomic E-state index is 6.15. The number of nitrogens with two attached hydrogens (primary N) is 1. The SMILES string of the molecule is CCOc1cc(N)cc(Nc2cc(Cl)c(C)cc2Br)c1. The maximum atomic E-state index is 6.15. The van der Waals surface area contributed by atoms with E-state index >= 15 is 0 Å². The Hall–Kier alpha value is -1.39. The van der Waals surface area contributed by atoms with Gasteiger partial charge in [0, 0.05) is 33.0 Å². The number of hydrogen-bond donors (Lipinski definition) is 2. The monoisotopic (exact) mass is 354 g/mol. The fourth-order valence-electron chi connectivity index (χ4n) is 1.84. The zero-order valence-electron chi connectivity index (χ0n) is 11.3. The molecule has 0 spiro atoms. The van der Waals surface area contributed by atoms with Crippen LogP contribution < -0.4 is 15.8 Å². The minimum atomic E-state index is 0.600. The van der Waals surface area contributed by atoms with Gasteiger partial charge in [-0.2, -0.15) is 0 Å². The minimum absolute atomic E-state index is 0.600. The third-order valence-corrected chi connectivity index (χ3v) is 3.83. The van der Waals surface area contributed by atoms with E-state index in [0.717, 1.165) is 27.2 Å². The van der Waals surface area contributed by atoms with Crippen molar-refractivity contribution in [2.45, 2.75) is 13.8 Å². The number of nitrogens with one attached hydrogen (secondary N) is 1. The molecule has 2 aromatic carbocycles. The molecule has 0 heterocycles. The number of rotatable bonds is 4. The molecule has 2 aromatic rings. The van der Waals surface area contributed by atoms with Gasteiger partial charge in [0.2, 0.25) is 0 Å². The zero-order valence-corrected chi connectivity index (χ0v) is 13.7. The van der Waals surface area contributed by atoms with E-state index in [1.807, 2.05) is 38.1 Å². The van der Waals surface area contributed by atoms with Gasteiger partial charge in [-0.1, -0.05) is 11.6 Å². The Labute approximate surface area is 132 Å². The summed E-state index contributed by atoms with van der Waals surface area (Å²) in [6, 6.07) is 9.40. The predicted octanol–water partition coefficient (Wildman–Crippen LogP) is 5.14. The average Bonchev–Trinajstić information content (AvgIpc) is 2.35. The number of halogens is 2. The maximum Gasteiger partial charge on any atom is 0.123 e. The lowest BCUT2D eigenvalue weighted by atomic mass is 10.2. The van der Waals surface area contributed by atoms with Crippen LogP contribution in [-0.2, 0) is 0 Å². The van der Waals surface area contributed by atoms with Crippen molar-refractivity contribution in [2.24, 2.45) is 0 Å². The molecule has 20 heavy (non-hydrogen) atoms. The summed E-state index contributed by atoms with van der Waals surface area (Å²) in [4.78, 5) is 0. The second-order valence-corrected chi connectivity index (χ2v) is 5.69. The highest BCUT2D eigenvalue weighted by Crippen LogP contribution is 2.33. The first-order valence-electron chi connectivity index (χ1n) is 6.25. The van der Waals surface area contributed by atoms with E-state index in [0.29, 0.717) is 17.3 Å². The second kappa shape index (κ2) is 6.37. The minimum Gasteiger partial charge on any atom is -0.494 e. The Balaban J connectivity index is 2.32. The first-order valence-corrected chi connectivity index (χ1v) is 7.42. The molecule has 0 bridgehead atoms. The molecule has 0 aliphatic rings. The van der Waals surface area contributed by atoms with Gasteiger partial charge in [0.25, 0.3) is 0 Å². The van der Waals surface area contributed by atoms with E-state index in [1.54, 1.807) is 6.07 Å². The number of nitrogen functional groups attached to an aromatic ring is 1. The summed E-state index contributed by atoms with van der Waals surface area (Å²) in [5.74, 6) is 0.740. The Morgan fingerprint density at radius 1 is 1.25 bits per heavy atom. The number of hydrogen-bond acceptors (Lipinski definition) is 3. The van der Waals surface area contributed by atoms with Crippen molar-refractivity contribution in [1.82, 2.24) is 0 Å². The highest BCUT2D eigenvalue weighted by atomic mass is 79.9. The highest BCUT2D eigenvalue weighted by molar-refractivity contribution is 9.10. The van der Waals surface area contributed by atoms with E-state index < -0.39 is 0 Å². The van der Waals surface area contributed by atoms with E-state index in [4.69, 9.17) is 22.1 Å². The van der Waals surface area contributed by atoms with Crippen LogP contribution in [-0.4, -0.2) is 6.61 Å². The van der Waals surface area contributed by atoms with Crippen molar-refractivity contribution < 1.29 is 4.74 Å². The quantitative estimate of drug-likeness (QED) is 0.747. The molecule has 0 amide bonds. The molecule has 106 valence electrons. The van der Waals surface area contributed by atoms with Gasteiger partial charge in [-0.15, -0.1) is 0 Å². The molecule has 0 saturated carbocycles. The molecular formula is C15H16BrClN2O. The molecular weight excluding hydrogens is 340 g/mol. The number of benzene rings is 2. The summed E-state index contributed by atoms with van der Waals surface area (Å²) >= 11 is 9.68. The Morgan fingerprint density at radius 3 is 2.70 bits per heavy atom. The fraction of sp³-hybridized carbons (Fsp3) is 0.200. The summed E-state index contributed by atoms with van der Waals surface area (Å²) in [5, 5.41) is 4.00. The topological polar surface area (TPSA) is 47.3 Å². The van der Waals surface area contributed by atoms with Crippen LogP contribution in [0, 0.1) is 6.92 Å². The largest absolute Gasteiger partial charge is 0.494 e. The summed E-state index contributed by atoms with van der Waals surface area (Å²) in [5.41, 5.74) is 9.28. The molecule has 0 saturated heterocycles. The van der Waals surface area contributed by atoms with Crippen LogP contribution in [0.15, 0.2) is 34.8 Å². The average molecular weight is 356 g/mol. The third-order valence-electron chi connectivity index (χ3n) is 2.77. The number of ether oxygens (including phenoxy) is 1. The summed E-state index contributed by atoms with van der Waals surface area (Å²) < 4.78 is 6.42. The van der Waals surface area contributed by atoms with E-state index in [1.165, 1.54) is 0 Å². The number of anilines is 3. The van der Waals surface area contributed by atoms with Gasteiger partial charge in [0.15, 0.2) is 0 Å². The van der Waals surface area contributed by atoms with Gasteiger partial charge >= 0.3 is 0 Å². The first kappa shape index (κ1) is 15.0. The van der Waals surface area contributed by atoms with Gasteiger partial charge < -0.3 is 15.8 Å². The van der Waals surface area contributed by atoms with Crippen LogP contribution >= 0.6 is 27.5 Å². The van der Waals surface area contributed by atoms with Crippen LogP contribution in [0.5, 0.6) is 5.75 Å². The van der Waals surface area contributed by atoms with Crippen molar-refractivity contribution in [3.63, 3.8) is 0 Å². The molecule has 0 aromatic heterocycles. The molecule has 3 N–H and O–H groups in total. The van der Waals surface area contributed by atoms with Crippen LogP contribution in [0.1, 0.15) is 12.5 Å². The summed E-state index contributed by atoms with van der Waals surface area (Å²) in [7, 11) is 0. The summed E-state index contributed by atoms with van der Waals surface area (Å²) in [6.45, 7) is 4.50. The molecule has 0 unspecified atom stereocenters. The standard InChI is InChI=1S/C15H16BrClN2O/c1-3-20-12-6-10(18)5-11(7-12)19-15-8-14(17)9(2)4-13(15)16/h4-8,19H,3,18H2,1-2H3. The second-order valence-electron chi connectivity index (χ2n) is 4.43. The Bertz CT molecular complexity index is 632. The van der Waals surface area contributed by atoms with Crippen LogP contribution in [0.4, 0.5) is 17.1 Å². The third kappa shape index (κ3) is 3.58. The summed E-state index contributed by atoms with van der Waals surface area (Å²) in [6.07, 6.45) is 0. The van der Waals surface area contributed by atoms with Gasteiger partial charge in [0.1, 0.15) is 5.75 Å². The van der Waals surface area contributed by atoms with Crippen LogP contribution in [0.25, 0.3) is 0 Å². The van der Waals surface area contributed by atoms with E-state index in [2.05, 4.69) is 21.2 Å². The number of aryl methyl sites for hydroxylation is 1. The molecule has 3 nitrogen and oxygen atoms in total. The van der Waals surface area contributed by atoms with E-state index in [-0.39, 0.29) is 0 Å². The molecule has 0 aliphatic carbocycles. The molecule has 0 fully saturated rings. The van der Waals surface area contributed by atoms with Crippen molar-refractivity contribution in [1.29, 1.82) is 0 Å².